The zero-order chi connectivity index (χ0) is 37.3. The van der Waals surface area contributed by atoms with Crippen LogP contribution in [0.2, 0.25) is 0 Å². The van der Waals surface area contributed by atoms with E-state index in [4.69, 9.17) is 21.5 Å². The van der Waals surface area contributed by atoms with E-state index in [-0.39, 0.29) is 107 Å². The second-order valence-electron chi connectivity index (χ2n) is 12.1. The fraction of sp³-hybridized carbons (Fsp3) is 0.581. The Hall–Kier alpha value is -5.78. The van der Waals surface area contributed by atoms with Gasteiger partial charge in [0.25, 0.3) is 11.8 Å². The molecule has 0 bridgehead atoms. The van der Waals surface area contributed by atoms with Crippen LogP contribution >= 0.6 is 0 Å². The van der Waals surface area contributed by atoms with Crippen LogP contribution in [-0.4, -0.2) is 143 Å². The fourth-order valence-electron chi connectivity index (χ4n) is 5.65. The number of benzene rings is 1. The number of hydrogen-bond acceptors (Lipinski definition) is 8. The number of carbonyl (C=O) groups is 7. The van der Waals surface area contributed by atoms with Crippen LogP contribution in [0.1, 0.15) is 65.7 Å². The highest BCUT2D eigenvalue weighted by molar-refractivity contribution is 6.01. The average Bonchev–Trinajstić information content (AvgIpc) is 3.11. The van der Waals surface area contributed by atoms with E-state index in [9.17, 15) is 33.6 Å². The van der Waals surface area contributed by atoms with E-state index in [0.717, 1.165) is 0 Å². The van der Waals surface area contributed by atoms with E-state index in [1.165, 1.54) is 23.1 Å². The van der Waals surface area contributed by atoms with Crippen LogP contribution in [0.3, 0.4) is 0 Å². The molecule has 278 valence electrons. The van der Waals surface area contributed by atoms with E-state index in [2.05, 4.69) is 26.0 Å². The van der Waals surface area contributed by atoms with Crippen LogP contribution in [0, 0.1) is 0 Å². The number of primary amides is 1. The van der Waals surface area contributed by atoms with Crippen LogP contribution in [0.5, 0.6) is 0 Å². The molecule has 0 aliphatic carbocycles. The number of aliphatic carboxylic acids is 2. The van der Waals surface area contributed by atoms with Gasteiger partial charge < -0.3 is 51.5 Å². The Balaban J connectivity index is 1.48. The predicted octanol–water partition coefficient (Wildman–Crippen LogP) is 1.50. The SMILES string of the molecule is [N-]=[N+]=Nc1cc(C(=O)N2CCN(C(=O)NCCCCCC(=O)O)CC2)cc(C(=O)N2CCN(C(=O)NCCCC[C@@H](NC(N)=O)C(=O)O)CC2)c1. The van der Waals surface area contributed by atoms with Crippen molar-refractivity contribution in [1.82, 2.24) is 35.6 Å². The number of hydrogen-bond donors (Lipinski definition) is 6. The van der Waals surface area contributed by atoms with Crippen LogP contribution < -0.4 is 21.7 Å². The van der Waals surface area contributed by atoms with Crippen molar-refractivity contribution < 1.29 is 43.8 Å². The summed E-state index contributed by atoms with van der Waals surface area (Å²) in [5.74, 6) is -2.84. The molecule has 0 aromatic heterocycles. The molecular weight excluding hydrogens is 670 g/mol. The molecule has 2 saturated heterocycles. The summed E-state index contributed by atoms with van der Waals surface area (Å²) in [5.41, 5.74) is 14.4. The first-order valence-electron chi connectivity index (χ1n) is 16.7. The van der Waals surface area contributed by atoms with Gasteiger partial charge >= 0.3 is 30.0 Å². The molecule has 51 heavy (non-hydrogen) atoms. The molecule has 2 aliphatic rings. The second kappa shape index (κ2) is 20.0. The summed E-state index contributed by atoms with van der Waals surface area (Å²) in [6.45, 7) is 2.69. The van der Waals surface area contributed by atoms with Gasteiger partial charge in [-0.05, 0) is 55.8 Å². The summed E-state index contributed by atoms with van der Waals surface area (Å²) >= 11 is 0. The van der Waals surface area contributed by atoms with Crippen LogP contribution in [0.15, 0.2) is 23.3 Å². The second-order valence-corrected chi connectivity index (χ2v) is 12.1. The van der Waals surface area contributed by atoms with Crippen molar-refractivity contribution in [1.29, 1.82) is 0 Å². The molecule has 1 aromatic carbocycles. The van der Waals surface area contributed by atoms with Gasteiger partial charge in [-0.2, -0.15) is 0 Å². The number of carboxylic acids is 2. The van der Waals surface area contributed by atoms with Gasteiger partial charge in [0.05, 0.1) is 0 Å². The van der Waals surface area contributed by atoms with Crippen molar-refractivity contribution in [3.05, 3.63) is 39.8 Å². The standard InChI is InChI=1S/C31H45N11O9/c32-29(49)36-24(28(47)48)6-3-5-9-35-31(51)42-16-12-40(13-17-42)27(46)22-18-21(19-23(20-22)37-38-33)26(45)39-10-14-41(15-11-39)30(50)34-8-4-1-2-7-25(43)44/h18-20,24H,1-17H2,(H,34,50)(H,35,51)(H,43,44)(H,47,48)(H3,32,36,49)/t24-/m1/s1. The monoisotopic (exact) mass is 715 g/mol. The zero-order valence-corrected chi connectivity index (χ0v) is 28.3. The normalized spacial score (nSPS) is 14.9. The van der Waals surface area contributed by atoms with Crippen LogP contribution in [0.25, 0.3) is 10.4 Å². The molecule has 8 amide bonds. The molecule has 2 fully saturated rings. The Bertz CT molecular complexity index is 1490. The number of carbonyl (C=O) groups excluding carboxylic acids is 5. The van der Waals surface area contributed by atoms with Crippen molar-refractivity contribution in [3.8, 4) is 0 Å². The maximum absolute atomic E-state index is 13.5. The van der Waals surface area contributed by atoms with Crippen molar-refractivity contribution in [2.75, 3.05) is 65.4 Å². The molecule has 7 N–H and O–H groups in total. The molecule has 0 saturated carbocycles. The van der Waals surface area contributed by atoms with Crippen LogP contribution in [0.4, 0.5) is 20.1 Å². The Kier molecular flexibility index (Phi) is 15.6. The molecular formula is C31H45N11O9. The molecule has 0 radical (unpaired) electrons. The zero-order valence-electron chi connectivity index (χ0n) is 28.3. The highest BCUT2D eigenvalue weighted by atomic mass is 16.4. The minimum atomic E-state index is -1.20. The minimum absolute atomic E-state index is 0.0890. The molecule has 2 heterocycles. The van der Waals surface area contributed by atoms with Crippen molar-refractivity contribution in [2.45, 2.75) is 51.0 Å². The third-order valence-electron chi connectivity index (χ3n) is 8.43. The summed E-state index contributed by atoms with van der Waals surface area (Å²) in [6.07, 6.45) is 3.02. The number of carboxylic acid groups (broad SMARTS) is 2. The van der Waals surface area contributed by atoms with Crippen molar-refractivity contribution >= 4 is 47.5 Å². The third-order valence-corrected chi connectivity index (χ3v) is 8.43. The van der Waals surface area contributed by atoms with E-state index in [1.807, 2.05) is 0 Å². The van der Waals surface area contributed by atoms with Gasteiger partial charge in [-0.3, -0.25) is 14.4 Å². The van der Waals surface area contributed by atoms with Gasteiger partial charge in [0.1, 0.15) is 6.04 Å². The number of urea groups is 3. The topological polar surface area (TPSA) is 284 Å². The number of azide groups is 1. The molecule has 2 aliphatic heterocycles. The van der Waals surface area contributed by atoms with E-state index >= 15 is 0 Å². The first-order valence-corrected chi connectivity index (χ1v) is 16.7. The minimum Gasteiger partial charge on any atom is -0.481 e. The summed E-state index contributed by atoms with van der Waals surface area (Å²) in [4.78, 5) is 93.9. The van der Waals surface area contributed by atoms with Gasteiger partial charge in [-0.25, -0.2) is 19.2 Å². The predicted molar refractivity (Wildman–Crippen MR) is 181 cm³/mol. The lowest BCUT2D eigenvalue weighted by Gasteiger charge is -2.35. The Morgan fingerprint density at radius 1 is 0.725 bits per heavy atom. The van der Waals surface area contributed by atoms with Gasteiger partial charge in [-0.1, -0.05) is 11.5 Å². The van der Waals surface area contributed by atoms with Gasteiger partial charge in [-0.15, -0.1) is 0 Å². The average molecular weight is 716 g/mol. The summed E-state index contributed by atoms with van der Waals surface area (Å²) in [7, 11) is 0. The van der Waals surface area contributed by atoms with Crippen molar-refractivity contribution in [2.24, 2.45) is 10.8 Å². The lowest BCUT2D eigenvalue weighted by Crippen LogP contribution is -2.53. The number of piperazine rings is 2. The van der Waals surface area contributed by atoms with Crippen molar-refractivity contribution in [3.63, 3.8) is 0 Å². The number of nitrogens with one attached hydrogen (secondary N) is 3. The van der Waals surface area contributed by atoms with Gasteiger partial charge in [0.15, 0.2) is 0 Å². The van der Waals surface area contributed by atoms with Gasteiger partial charge in [0.2, 0.25) is 0 Å². The number of rotatable bonds is 16. The number of amides is 8. The van der Waals surface area contributed by atoms with E-state index < -0.39 is 29.9 Å². The first-order chi connectivity index (χ1) is 24.4. The number of nitrogens with two attached hydrogens (primary N) is 1. The van der Waals surface area contributed by atoms with Gasteiger partial charge in [0, 0.05) is 93.6 Å². The third kappa shape index (κ3) is 12.9. The summed E-state index contributed by atoms with van der Waals surface area (Å²) < 4.78 is 0. The molecule has 0 spiro atoms. The molecule has 1 aromatic rings. The first kappa shape index (κ1) is 39.7. The molecule has 20 nitrogen and oxygen atoms in total. The number of unbranched alkanes of at least 4 members (excludes halogenated alkanes) is 3. The highest BCUT2D eigenvalue weighted by Gasteiger charge is 2.28. The maximum Gasteiger partial charge on any atom is 0.326 e. The maximum atomic E-state index is 13.5. The molecule has 20 heteroatoms. The highest BCUT2D eigenvalue weighted by Crippen LogP contribution is 2.22. The molecule has 0 unspecified atom stereocenters. The summed E-state index contributed by atoms with van der Waals surface area (Å²) in [6, 6.07) is 1.60. The molecule has 1 atom stereocenters. The summed E-state index contributed by atoms with van der Waals surface area (Å²) in [5, 5.41) is 29.2. The smallest absolute Gasteiger partial charge is 0.326 e. The van der Waals surface area contributed by atoms with E-state index in [1.54, 1.807) is 14.7 Å². The Labute approximate surface area is 293 Å². The lowest BCUT2D eigenvalue weighted by atomic mass is 10.1. The quantitative estimate of drug-likeness (QED) is 0.0625. The molecule has 3 rings (SSSR count). The van der Waals surface area contributed by atoms with Crippen LogP contribution in [-0.2, 0) is 9.59 Å². The Morgan fingerprint density at radius 3 is 1.63 bits per heavy atom. The van der Waals surface area contributed by atoms with E-state index in [0.29, 0.717) is 38.6 Å². The number of nitrogens with zero attached hydrogens (tertiary/aromatic N) is 7. The largest absolute Gasteiger partial charge is 0.481 e. The Morgan fingerprint density at radius 2 is 1.20 bits per heavy atom. The fourth-order valence-corrected chi connectivity index (χ4v) is 5.65. The lowest BCUT2D eigenvalue weighted by molar-refractivity contribution is -0.139.